The third-order valence-corrected chi connectivity index (χ3v) is 3.70. The number of benzene rings is 2. The van der Waals surface area contributed by atoms with Crippen LogP contribution < -0.4 is 0 Å². The summed E-state index contributed by atoms with van der Waals surface area (Å²) in [5.41, 5.74) is 1.34. The van der Waals surface area contributed by atoms with E-state index in [1.165, 1.54) is 12.1 Å². The molecule has 3 rings (SSSR count). The van der Waals surface area contributed by atoms with Crippen LogP contribution in [0.4, 0.5) is 5.69 Å². The minimum absolute atomic E-state index is 0.0688. The van der Waals surface area contributed by atoms with Gasteiger partial charge in [0, 0.05) is 18.7 Å². The zero-order valence-corrected chi connectivity index (χ0v) is 13.3. The largest absolute Gasteiger partial charge is 0.310 e. The molecule has 0 unspecified atom stereocenters. The molecule has 0 saturated heterocycles. The summed E-state index contributed by atoms with van der Waals surface area (Å²) in [7, 11) is 1.75. The number of nitro benzene ring substituents is 1. The summed E-state index contributed by atoms with van der Waals surface area (Å²) in [5, 5.41) is 28.9. The van der Waals surface area contributed by atoms with E-state index in [9.17, 15) is 15.4 Å². The Bertz CT molecular complexity index is 1000. The number of rotatable bonds is 4. The quantitative estimate of drug-likeness (QED) is 0.414. The summed E-state index contributed by atoms with van der Waals surface area (Å²) in [4.78, 5) is 10.7. The van der Waals surface area contributed by atoms with Crippen molar-refractivity contribution in [2.45, 2.75) is 0 Å². The Hall–Kier alpha value is -3.79. The Morgan fingerprint density at radius 1 is 1.16 bits per heavy atom. The maximum absolute atomic E-state index is 11.1. The Balaban J connectivity index is 2.08. The van der Waals surface area contributed by atoms with Crippen LogP contribution in [0.15, 0.2) is 54.6 Å². The van der Waals surface area contributed by atoms with Crippen LogP contribution in [0.5, 0.6) is 0 Å². The zero-order valence-electron chi connectivity index (χ0n) is 13.3. The SMILES string of the molecule is Cn1c(/C(C#N)=C\c2ccccc2[N+](=O)[O-])nnc1-c1ccccc1. The van der Waals surface area contributed by atoms with E-state index in [2.05, 4.69) is 16.3 Å². The van der Waals surface area contributed by atoms with Crippen molar-refractivity contribution in [2.24, 2.45) is 7.05 Å². The molecule has 122 valence electrons. The van der Waals surface area contributed by atoms with E-state index < -0.39 is 4.92 Å². The molecule has 0 bridgehead atoms. The van der Waals surface area contributed by atoms with Gasteiger partial charge in [0.2, 0.25) is 0 Å². The summed E-state index contributed by atoms with van der Waals surface area (Å²) in [6, 6.07) is 17.8. The van der Waals surface area contributed by atoms with Crippen LogP contribution in [-0.4, -0.2) is 19.7 Å². The van der Waals surface area contributed by atoms with Gasteiger partial charge in [-0.3, -0.25) is 10.1 Å². The number of hydrogen-bond acceptors (Lipinski definition) is 5. The van der Waals surface area contributed by atoms with Gasteiger partial charge in [0.15, 0.2) is 11.6 Å². The van der Waals surface area contributed by atoms with E-state index in [-0.39, 0.29) is 11.3 Å². The van der Waals surface area contributed by atoms with Crippen LogP contribution in [0.3, 0.4) is 0 Å². The molecule has 0 N–H and O–H groups in total. The first-order valence-corrected chi connectivity index (χ1v) is 7.42. The highest BCUT2D eigenvalue weighted by Crippen LogP contribution is 2.25. The van der Waals surface area contributed by atoms with E-state index in [0.717, 1.165) is 5.56 Å². The molecule has 0 amide bonds. The van der Waals surface area contributed by atoms with Crippen molar-refractivity contribution in [1.29, 1.82) is 5.26 Å². The van der Waals surface area contributed by atoms with Gasteiger partial charge in [-0.05, 0) is 12.1 Å². The molecular formula is C18H13N5O2. The molecule has 0 aliphatic heterocycles. The minimum atomic E-state index is -0.479. The molecule has 0 radical (unpaired) electrons. The van der Waals surface area contributed by atoms with Gasteiger partial charge in [-0.2, -0.15) is 5.26 Å². The van der Waals surface area contributed by atoms with Crippen LogP contribution in [0.1, 0.15) is 11.4 Å². The fourth-order valence-electron chi connectivity index (χ4n) is 2.48. The van der Waals surface area contributed by atoms with E-state index in [1.807, 2.05) is 30.3 Å². The van der Waals surface area contributed by atoms with Gasteiger partial charge in [-0.15, -0.1) is 10.2 Å². The standard InChI is InChI=1S/C18H13N5O2/c1-22-17(13-7-3-2-4-8-13)20-21-18(22)15(12-19)11-14-9-5-6-10-16(14)23(24)25/h2-11H,1H3/b15-11-. The molecule has 1 heterocycles. The molecule has 0 aliphatic rings. The van der Waals surface area contributed by atoms with Crippen molar-refractivity contribution in [3.05, 3.63) is 76.1 Å². The highest BCUT2D eigenvalue weighted by molar-refractivity contribution is 5.89. The summed E-state index contributed by atoms with van der Waals surface area (Å²) >= 11 is 0. The molecule has 7 heteroatoms. The first-order chi connectivity index (χ1) is 12.1. The Morgan fingerprint density at radius 3 is 2.52 bits per heavy atom. The molecule has 0 saturated carbocycles. The van der Waals surface area contributed by atoms with Crippen molar-refractivity contribution in [3.63, 3.8) is 0 Å². The molecule has 0 spiro atoms. The second kappa shape index (κ2) is 6.76. The molecule has 0 aliphatic carbocycles. The van der Waals surface area contributed by atoms with Gasteiger partial charge in [0.1, 0.15) is 6.07 Å². The molecule has 1 aromatic heterocycles. The smallest absolute Gasteiger partial charge is 0.276 e. The Morgan fingerprint density at radius 2 is 1.84 bits per heavy atom. The number of nitriles is 1. The molecule has 3 aromatic rings. The van der Waals surface area contributed by atoms with Gasteiger partial charge in [-0.25, -0.2) is 0 Å². The van der Waals surface area contributed by atoms with Gasteiger partial charge >= 0.3 is 0 Å². The lowest BCUT2D eigenvalue weighted by atomic mass is 10.1. The number of allylic oxidation sites excluding steroid dienone is 1. The van der Waals surface area contributed by atoms with Gasteiger partial charge in [0.05, 0.1) is 16.1 Å². The minimum Gasteiger partial charge on any atom is -0.310 e. The average molecular weight is 331 g/mol. The fourth-order valence-corrected chi connectivity index (χ4v) is 2.48. The average Bonchev–Trinajstić information content (AvgIpc) is 3.02. The van der Waals surface area contributed by atoms with Gasteiger partial charge in [-0.1, -0.05) is 42.5 Å². The normalized spacial score (nSPS) is 11.1. The summed E-state index contributed by atoms with van der Waals surface area (Å²) < 4.78 is 1.69. The van der Waals surface area contributed by atoms with Gasteiger partial charge in [0.25, 0.3) is 5.69 Å². The second-order valence-electron chi connectivity index (χ2n) is 5.26. The highest BCUT2D eigenvalue weighted by Gasteiger charge is 2.17. The summed E-state index contributed by atoms with van der Waals surface area (Å²) in [6.07, 6.45) is 1.46. The lowest BCUT2D eigenvalue weighted by Gasteiger charge is -2.03. The molecule has 2 aromatic carbocycles. The third kappa shape index (κ3) is 3.14. The molecular weight excluding hydrogens is 318 g/mol. The number of para-hydroxylation sites is 1. The van der Waals surface area contributed by atoms with Crippen molar-refractivity contribution < 1.29 is 4.92 Å². The number of hydrogen-bond donors (Lipinski definition) is 0. The van der Waals surface area contributed by atoms with E-state index >= 15 is 0 Å². The third-order valence-electron chi connectivity index (χ3n) is 3.70. The molecule has 0 atom stereocenters. The predicted molar refractivity (Wildman–Crippen MR) is 93.0 cm³/mol. The molecule has 7 nitrogen and oxygen atoms in total. The van der Waals surface area contributed by atoms with Crippen molar-refractivity contribution in [1.82, 2.24) is 14.8 Å². The lowest BCUT2D eigenvalue weighted by Crippen LogP contribution is -1.99. The van der Waals surface area contributed by atoms with Crippen LogP contribution in [0.25, 0.3) is 23.0 Å². The second-order valence-corrected chi connectivity index (χ2v) is 5.26. The summed E-state index contributed by atoms with van der Waals surface area (Å²) in [5.74, 6) is 0.957. The Kier molecular flexibility index (Phi) is 4.35. The number of nitrogens with zero attached hydrogens (tertiary/aromatic N) is 5. The van der Waals surface area contributed by atoms with E-state index in [4.69, 9.17) is 0 Å². The van der Waals surface area contributed by atoms with Crippen LogP contribution in [0, 0.1) is 21.4 Å². The maximum atomic E-state index is 11.1. The monoisotopic (exact) mass is 331 g/mol. The van der Waals surface area contributed by atoms with Crippen LogP contribution in [-0.2, 0) is 7.05 Å². The van der Waals surface area contributed by atoms with Crippen LogP contribution in [0.2, 0.25) is 0 Å². The van der Waals surface area contributed by atoms with E-state index in [1.54, 1.807) is 29.8 Å². The van der Waals surface area contributed by atoms with Crippen molar-refractivity contribution in [2.75, 3.05) is 0 Å². The number of nitro groups is 1. The summed E-state index contributed by atoms with van der Waals surface area (Å²) in [6.45, 7) is 0. The van der Waals surface area contributed by atoms with Crippen molar-refractivity contribution >= 4 is 17.3 Å². The van der Waals surface area contributed by atoms with Gasteiger partial charge < -0.3 is 4.57 Å². The molecule has 25 heavy (non-hydrogen) atoms. The number of aromatic nitrogens is 3. The van der Waals surface area contributed by atoms with E-state index in [0.29, 0.717) is 17.2 Å². The first kappa shape index (κ1) is 16.1. The zero-order chi connectivity index (χ0) is 17.8. The maximum Gasteiger partial charge on any atom is 0.276 e. The van der Waals surface area contributed by atoms with Crippen LogP contribution >= 0.6 is 0 Å². The lowest BCUT2D eigenvalue weighted by molar-refractivity contribution is -0.385. The Labute approximate surface area is 143 Å². The molecule has 0 fully saturated rings. The first-order valence-electron chi connectivity index (χ1n) is 7.42. The predicted octanol–water partition coefficient (Wildman–Crippen LogP) is 3.45. The fraction of sp³-hybridized carbons (Fsp3) is 0.0556. The topological polar surface area (TPSA) is 97.6 Å². The van der Waals surface area contributed by atoms with Crippen molar-refractivity contribution in [3.8, 4) is 17.5 Å². The highest BCUT2D eigenvalue weighted by atomic mass is 16.6.